The number of carbonyl (C=O) groups is 1. The van der Waals surface area contributed by atoms with E-state index in [9.17, 15) is 4.79 Å². The molecular weight excluding hydrogens is 292 g/mol. The number of amides is 1. The standard InChI is InChI=1S/C18H28N2O3/c1-22-15-8-9-17(23-2)14(11-15)12-20-18(21)16(19)10-13-6-4-3-5-7-13/h8-9,11,13,16H,3-7,10,12,19H2,1-2H3,(H,20,21). The lowest BCUT2D eigenvalue weighted by Gasteiger charge is -2.24. The first-order chi connectivity index (χ1) is 11.1. The molecule has 1 aliphatic carbocycles. The molecule has 1 aromatic rings. The van der Waals surface area contributed by atoms with Gasteiger partial charge in [-0.1, -0.05) is 32.1 Å². The summed E-state index contributed by atoms with van der Waals surface area (Å²) in [7, 11) is 3.23. The van der Waals surface area contributed by atoms with E-state index in [0.717, 1.165) is 23.5 Å². The Labute approximate surface area is 138 Å². The molecule has 0 radical (unpaired) electrons. The Morgan fingerprint density at radius 3 is 2.65 bits per heavy atom. The minimum atomic E-state index is -0.435. The summed E-state index contributed by atoms with van der Waals surface area (Å²) in [5, 5.41) is 2.91. The van der Waals surface area contributed by atoms with Gasteiger partial charge in [0.1, 0.15) is 11.5 Å². The summed E-state index contributed by atoms with van der Waals surface area (Å²) in [6, 6.07) is 5.10. The molecule has 0 spiro atoms. The van der Waals surface area contributed by atoms with Crippen LogP contribution in [0.4, 0.5) is 0 Å². The van der Waals surface area contributed by atoms with Crippen LogP contribution >= 0.6 is 0 Å². The maximum atomic E-state index is 12.2. The monoisotopic (exact) mass is 320 g/mol. The second-order valence-corrected chi connectivity index (χ2v) is 6.24. The van der Waals surface area contributed by atoms with E-state index in [-0.39, 0.29) is 5.91 Å². The van der Waals surface area contributed by atoms with Gasteiger partial charge in [0.2, 0.25) is 5.91 Å². The van der Waals surface area contributed by atoms with Gasteiger partial charge in [0.15, 0.2) is 0 Å². The Morgan fingerprint density at radius 2 is 2.00 bits per heavy atom. The van der Waals surface area contributed by atoms with E-state index < -0.39 is 6.04 Å². The number of rotatable bonds is 7. The fraction of sp³-hybridized carbons (Fsp3) is 0.611. The highest BCUT2D eigenvalue weighted by atomic mass is 16.5. The quantitative estimate of drug-likeness (QED) is 0.810. The minimum absolute atomic E-state index is 0.0968. The molecule has 23 heavy (non-hydrogen) atoms. The van der Waals surface area contributed by atoms with Gasteiger partial charge in [0.05, 0.1) is 20.3 Å². The van der Waals surface area contributed by atoms with E-state index in [0.29, 0.717) is 12.5 Å². The largest absolute Gasteiger partial charge is 0.497 e. The summed E-state index contributed by atoms with van der Waals surface area (Å²) in [5.74, 6) is 1.96. The summed E-state index contributed by atoms with van der Waals surface area (Å²) in [5.41, 5.74) is 6.95. The number of hydrogen-bond acceptors (Lipinski definition) is 4. The molecule has 1 amide bonds. The maximum Gasteiger partial charge on any atom is 0.237 e. The number of nitrogens with two attached hydrogens (primary N) is 1. The number of methoxy groups -OCH3 is 2. The molecular formula is C18H28N2O3. The van der Waals surface area contributed by atoms with Crippen molar-refractivity contribution in [1.29, 1.82) is 0 Å². The van der Waals surface area contributed by atoms with Crippen LogP contribution in [0.3, 0.4) is 0 Å². The Hall–Kier alpha value is -1.75. The van der Waals surface area contributed by atoms with Crippen LogP contribution in [0.1, 0.15) is 44.1 Å². The first-order valence-corrected chi connectivity index (χ1v) is 8.38. The Balaban J connectivity index is 1.87. The van der Waals surface area contributed by atoms with E-state index in [1.165, 1.54) is 32.1 Å². The van der Waals surface area contributed by atoms with Crippen molar-refractivity contribution in [3.8, 4) is 11.5 Å². The van der Waals surface area contributed by atoms with Crippen LogP contribution in [0.5, 0.6) is 11.5 Å². The van der Waals surface area contributed by atoms with Gasteiger partial charge in [0.25, 0.3) is 0 Å². The molecule has 5 heteroatoms. The third kappa shape index (κ3) is 5.13. The van der Waals surface area contributed by atoms with Crippen LogP contribution in [0.15, 0.2) is 18.2 Å². The van der Waals surface area contributed by atoms with Gasteiger partial charge in [0, 0.05) is 12.1 Å². The first kappa shape index (κ1) is 17.6. The number of nitrogens with one attached hydrogen (secondary N) is 1. The average molecular weight is 320 g/mol. The molecule has 128 valence electrons. The van der Waals surface area contributed by atoms with Crippen molar-refractivity contribution in [2.75, 3.05) is 14.2 Å². The van der Waals surface area contributed by atoms with E-state index in [4.69, 9.17) is 15.2 Å². The Kier molecular flexibility index (Phi) is 6.71. The van der Waals surface area contributed by atoms with Gasteiger partial charge in [-0.15, -0.1) is 0 Å². The van der Waals surface area contributed by atoms with Gasteiger partial charge in [-0.05, 0) is 30.5 Å². The first-order valence-electron chi connectivity index (χ1n) is 8.38. The lowest BCUT2D eigenvalue weighted by molar-refractivity contribution is -0.123. The fourth-order valence-corrected chi connectivity index (χ4v) is 3.22. The molecule has 1 fully saturated rings. The van der Waals surface area contributed by atoms with Crippen LogP contribution in [-0.4, -0.2) is 26.2 Å². The van der Waals surface area contributed by atoms with Crippen LogP contribution in [0.25, 0.3) is 0 Å². The summed E-state index contributed by atoms with van der Waals surface area (Å²) >= 11 is 0. The zero-order valence-corrected chi connectivity index (χ0v) is 14.1. The number of hydrogen-bond donors (Lipinski definition) is 2. The van der Waals surface area contributed by atoms with Crippen molar-refractivity contribution in [3.05, 3.63) is 23.8 Å². The zero-order chi connectivity index (χ0) is 16.7. The second kappa shape index (κ2) is 8.77. The summed E-state index contributed by atoms with van der Waals surface area (Å²) in [6.07, 6.45) is 7.02. The minimum Gasteiger partial charge on any atom is -0.497 e. The summed E-state index contributed by atoms with van der Waals surface area (Å²) in [4.78, 5) is 12.2. The Bertz CT molecular complexity index is 513. The molecule has 3 N–H and O–H groups in total. The summed E-state index contributed by atoms with van der Waals surface area (Å²) in [6.45, 7) is 0.386. The highest BCUT2D eigenvalue weighted by Crippen LogP contribution is 2.27. The van der Waals surface area contributed by atoms with E-state index in [1.807, 2.05) is 18.2 Å². The van der Waals surface area contributed by atoms with Crippen LogP contribution in [0.2, 0.25) is 0 Å². The van der Waals surface area contributed by atoms with Crippen molar-refractivity contribution in [1.82, 2.24) is 5.32 Å². The highest BCUT2D eigenvalue weighted by molar-refractivity contribution is 5.81. The van der Waals surface area contributed by atoms with E-state index in [2.05, 4.69) is 5.32 Å². The van der Waals surface area contributed by atoms with E-state index >= 15 is 0 Å². The van der Waals surface area contributed by atoms with Crippen molar-refractivity contribution in [2.45, 2.75) is 51.1 Å². The SMILES string of the molecule is COc1ccc(OC)c(CNC(=O)C(N)CC2CCCCC2)c1. The lowest BCUT2D eigenvalue weighted by atomic mass is 9.85. The van der Waals surface area contributed by atoms with Crippen LogP contribution < -0.4 is 20.5 Å². The van der Waals surface area contributed by atoms with Gasteiger partial charge in [-0.2, -0.15) is 0 Å². The second-order valence-electron chi connectivity index (χ2n) is 6.24. The smallest absolute Gasteiger partial charge is 0.237 e. The van der Waals surface area contributed by atoms with Crippen LogP contribution in [0, 0.1) is 5.92 Å². The molecule has 0 aromatic heterocycles. The number of ether oxygens (including phenoxy) is 2. The topological polar surface area (TPSA) is 73.6 Å². The van der Waals surface area contributed by atoms with Gasteiger partial charge < -0.3 is 20.5 Å². The molecule has 0 aliphatic heterocycles. The average Bonchev–Trinajstić information content (AvgIpc) is 2.60. The molecule has 1 saturated carbocycles. The molecule has 5 nitrogen and oxygen atoms in total. The molecule has 0 bridgehead atoms. The van der Waals surface area contributed by atoms with Gasteiger partial charge in [-0.3, -0.25) is 4.79 Å². The third-order valence-corrected chi connectivity index (χ3v) is 4.59. The molecule has 1 unspecified atom stereocenters. The Morgan fingerprint density at radius 1 is 1.26 bits per heavy atom. The highest BCUT2D eigenvalue weighted by Gasteiger charge is 2.21. The van der Waals surface area contributed by atoms with Crippen molar-refractivity contribution < 1.29 is 14.3 Å². The molecule has 2 rings (SSSR count). The maximum absolute atomic E-state index is 12.2. The summed E-state index contributed by atoms with van der Waals surface area (Å²) < 4.78 is 10.5. The normalized spacial score (nSPS) is 16.7. The molecule has 0 heterocycles. The third-order valence-electron chi connectivity index (χ3n) is 4.59. The number of benzene rings is 1. The van der Waals surface area contributed by atoms with Gasteiger partial charge >= 0.3 is 0 Å². The molecule has 1 atom stereocenters. The van der Waals surface area contributed by atoms with Crippen molar-refractivity contribution in [2.24, 2.45) is 11.7 Å². The molecule has 1 aliphatic rings. The van der Waals surface area contributed by atoms with Gasteiger partial charge in [-0.25, -0.2) is 0 Å². The fourth-order valence-electron chi connectivity index (χ4n) is 3.22. The van der Waals surface area contributed by atoms with E-state index in [1.54, 1.807) is 14.2 Å². The molecule has 1 aromatic carbocycles. The predicted octanol–water partition coefficient (Wildman–Crippen LogP) is 2.62. The van der Waals surface area contributed by atoms with Crippen molar-refractivity contribution >= 4 is 5.91 Å². The lowest BCUT2D eigenvalue weighted by Crippen LogP contribution is -2.41. The number of carbonyl (C=O) groups excluding carboxylic acids is 1. The van der Waals surface area contributed by atoms with Crippen LogP contribution in [-0.2, 0) is 11.3 Å². The zero-order valence-electron chi connectivity index (χ0n) is 14.1. The molecule has 0 saturated heterocycles. The predicted molar refractivity (Wildman–Crippen MR) is 90.6 cm³/mol. The van der Waals surface area contributed by atoms with Crippen molar-refractivity contribution in [3.63, 3.8) is 0 Å².